The van der Waals surface area contributed by atoms with Crippen LogP contribution in [0.25, 0.3) is 0 Å². The Kier molecular flexibility index (Phi) is 4.93. The van der Waals surface area contributed by atoms with Gasteiger partial charge in [0.15, 0.2) is 6.29 Å². The van der Waals surface area contributed by atoms with Gasteiger partial charge in [-0.2, -0.15) is 0 Å². The number of nitrogens with zero attached hydrogens (tertiary/aromatic N) is 1. The molecule has 0 aromatic heterocycles. The molecule has 0 saturated carbocycles. The highest BCUT2D eigenvalue weighted by molar-refractivity contribution is 9.10. The van der Waals surface area contributed by atoms with Gasteiger partial charge in [0.25, 0.3) is 5.69 Å². The minimum atomic E-state index is -0.521. The van der Waals surface area contributed by atoms with E-state index in [2.05, 4.69) is 15.9 Å². The van der Waals surface area contributed by atoms with Gasteiger partial charge in [-0.25, -0.2) is 0 Å². The molecule has 2 aromatic carbocycles. The van der Waals surface area contributed by atoms with Crippen LogP contribution in [0.3, 0.4) is 0 Å². The maximum Gasteiger partial charge on any atom is 0.277 e. The van der Waals surface area contributed by atoms with Gasteiger partial charge in [0.2, 0.25) is 0 Å². The second kappa shape index (κ2) is 6.69. The molecule has 0 atom stereocenters. The molecule has 0 N–H and O–H groups in total. The molecule has 0 fully saturated rings. The number of halogens is 2. The van der Waals surface area contributed by atoms with E-state index in [4.69, 9.17) is 16.3 Å². The molecule has 0 spiro atoms. The van der Waals surface area contributed by atoms with E-state index in [1.807, 2.05) is 0 Å². The lowest BCUT2D eigenvalue weighted by Crippen LogP contribution is -2.02. The van der Waals surface area contributed by atoms with Crippen molar-refractivity contribution in [3.63, 3.8) is 0 Å². The lowest BCUT2D eigenvalue weighted by Gasteiger charge is -2.09. The Morgan fingerprint density at radius 1 is 1.29 bits per heavy atom. The lowest BCUT2D eigenvalue weighted by atomic mass is 10.2. The van der Waals surface area contributed by atoms with E-state index in [1.165, 1.54) is 12.1 Å². The number of hydrogen-bond donors (Lipinski definition) is 0. The first kappa shape index (κ1) is 15.5. The normalized spacial score (nSPS) is 10.2. The van der Waals surface area contributed by atoms with Crippen molar-refractivity contribution in [1.29, 1.82) is 0 Å². The van der Waals surface area contributed by atoms with Crippen molar-refractivity contribution in [1.82, 2.24) is 0 Å². The van der Waals surface area contributed by atoms with E-state index < -0.39 is 4.92 Å². The van der Waals surface area contributed by atoms with Gasteiger partial charge in [0, 0.05) is 15.6 Å². The van der Waals surface area contributed by atoms with Crippen molar-refractivity contribution in [2.45, 2.75) is 6.61 Å². The van der Waals surface area contributed by atoms with E-state index in [1.54, 1.807) is 24.3 Å². The molecular formula is C14H9BrClNO4. The third-order valence-corrected chi connectivity index (χ3v) is 3.45. The van der Waals surface area contributed by atoms with E-state index in [0.717, 1.165) is 4.47 Å². The Balaban J connectivity index is 2.24. The van der Waals surface area contributed by atoms with Gasteiger partial charge in [-0.05, 0) is 30.3 Å². The van der Waals surface area contributed by atoms with Crippen molar-refractivity contribution in [3.8, 4) is 5.75 Å². The van der Waals surface area contributed by atoms with Crippen molar-refractivity contribution in [3.05, 3.63) is 67.1 Å². The first-order valence-electron chi connectivity index (χ1n) is 5.81. The first-order chi connectivity index (χ1) is 10.0. The van der Waals surface area contributed by atoms with Gasteiger partial charge in [-0.3, -0.25) is 14.9 Å². The predicted octanol–water partition coefficient (Wildman–Crippen LogP) is 4.40. The van der Waals surface area contributed by atoms with Gasteiger partial charge in [0.1, 0.15) is 12.4 Å². The van der Waals surface area contributed by atoms with Crippen LogP contribution in [-0.4, -0.2) is 11.2 Å². The van der Waals surface area contributed by atoms with Crippen LogP contribution < -0.4 is 4.74 Å². The van der Waals surface area contributed by atoms with Crippen LogP contribution in [0, 0.1) is 10.1 Å². The lowest BCUT2D eigenvalue weighted by molar-refractivity contribution is -0.385. The second-order valence-electron chi connectivity index (χ2n) is 4.12. The number of rotatable bonds is 5. The average molecular weight is 371 g/mol. The van der Waals surface area contributed by atoms with E-state index in [-0.39, 0.29) is 17.3 Å². The van der Waals surface area contributed by atoms with Crippen LogP contribution in [0.1, 0.15) is 15.9 Å². The number of carbonyl (C=O) groups excluding carboxylic acids is 1. The first-order valence-corrected chi connectivity index (χ1v) is 6.98. The number of ether oxygens (including phenoxy) is 1. The van der Waals surface area contributed by atoms with Gasteiger partial charge in [-0.1, -0.05) is 27.5 Å². The number of nitro benzene ring substituents is 1. The number of hydrogen-bond acceptors (Lipinski definition) is 4. The topological polar surface area (TPSA) is 69.4 Å². The summed E-state index contributed by atoms with van der Waals surface area (Å²) < 4.78 is 6.25. The molecule has 7 heteroatoms. The molecule has 0 radical (unpaired) electrons. The van der Waals surface area contributed by atoms with Crippen LogP contribution in [0.4, 0.5) is 5.69 Å². The standard InChI is InChI=1S/C14H9BrClNO4/c15-11-2-4-14(10(5-11)7-18)21-8-9-1-3-12(16)6-13(9)17(19)20/h1-7H,8H2. The Morgan fingerprint density at radius 2 is 2.05 bits per heavy atom. The number of carbonyl (C=O) groups is 1. The summed E-state index contributed by atoms with van der Waals surface area (Å²) in [6.45, 7) is -0.0318. The molecule has 0 saturated heterocycles. The monoisotopic (exact) mass is 369 g/mol. The Hall–Kier alpha value is -1.92. The Labute approximate surface area is 133 Å². The molecule has 0 heterocycles. The van der Waals surface area contributed by atoms with Gasteiger partial charge in [0.05, 0.1) is 16.1 Å². The summed E-state index contributed by atoms with van der Waals surface area (Å²) in [6, 6.07) is 9.30. The zero-order valence-electron chi connectivity index (χ0n) is 10.6. The Bertz CT molecular complexity index is 705. The van der Waals surface area contributed by atoms with Gasteiger partial charge in [-0.15, -0.1) is 0 Å². The number of aldehydes is 1. The summed E-state index contributed by atoms with van der Waals surface area (Å²) >= 11 is 9.00. The van der Waals surface area contributed by atoms with Crippen LogP contribution in [-0.2, 0) is 6.61 Å². The molecule has 2 rings (SSSR count). The molecule has 108 valence electrons. The molecule has 0 aliphatic rings. The van der Waals surface area contributed by atoms with E-state index in [9.17, 15) is 14.9 Å². The van der Waals surface area contributed by atoms with Crippen molar-refractivity contribution in [2.24, 2.45) is 0 Å². The van der Waals surface area contributed by atoms with E-state index in [0.29, 0.717) is 23.2 Å². The molecule has 5 nitrogen and oxygen atoms in total. The molecule has 0 aliphatic carbocycles. The SMILES string of the molecule is O=Cc1cc(Br)ccc1OCc1ccc(Cl)cc1[N+](=O)[O-]. The minimum absolute atomic E-state index is 0.0318. The molecule has 0 aliphatic heterocycles. The number of benzene rings is 2. The fourth-order valence-corrected chi connectivity index (χ4v) is 2.27. The zero-order chi connectivity index (χ0) is 15.4. The highest BCUT2D eigenvalue weighted by atomic mass is 79.9. The fraction of sp³-hybridized carbons (Fsp3) is 0.0714. The van der Waals surface area contributed by atoms with Crippen molar-refractivity contribution in [2.75, 3.05) is 0 Å². The molecular weight excluding hydrogens is 362 g/mol. The average Bonchev–Trinajstić information content (AvgIpc) is 2.46. The third kappa shape index (κ3) is 3.80. The van der Waals surface area contributed by atoms with Gasteiger partial charge < -0.3 is 4.74 Å². The smallest absolute Gasteiger partial charge is 0.277 e. The van der Waals surface area contributed by atoms with Crippen LogP contribution in [0.15, 0.2) is 40.9 Å². The largest absolute Gasteiger partial charge is 0.488 e. The highest BCUT2D eigenvalue weighted by Gasteiger charge is 2.15. The molecule has 21 heavy (non-hydrogen) atoms. The van der Waals surface area contributed by atoms with Crippen LogP contribution >= 0.6 is 27.5 Å². The van der Waals surface area contributed by atoms with Gasteiger partial charge >= 0.3 is 0 Å². The summed E-state index contributed by atoms with van der Waals surface area (Å²) in [6.07, 6.45) is 0.663. The van der Waals surface area contributed by atoms with Crippen LogP contribution in [0.5, 0.6) is 5.75 Å². The van der Waals surface area contributed by atoms with E-state index >= 15 is 0 Å². The third-order valence-electron chi connectivity index (χ3n) is 2.73. The van der Waals surface area contributed by atoms with Crippen LogP contribution in [0.2, 0.25) is 5.02 Å². The summed E-state index contributed by atoms with van der Waals surface area (Å²) in [4.78, 5) is 21.4. The summed E-state index contributed by atoms with van der Waals surface area (Å²) in [5.41, 5.74) is 0.623. The van der Waals surface area contributed by atoms with Crippen molar-refractivity contribution >= 4 is 39.5 Å². The molecule has 2 aromatic rings. The fourth-order valence-electron chi connectivity index (χ4n) is 1.73. The summed E-state index contributed by atoms with van der Waals surface area (Å²) in [7, 11) is 0. The molecule has 0 bridgehead atoms. The molecule has 0 unspecified atom stereocenters. The highest BCUT2D eigenvalue weighted by Crippen LogP contribution is 2.26. The second-order valence-corrected chi connectivity index (χ2v) is 5.47. The minimum Gasteiger partial charge on any atom is -0.488 e. The zero-order valence-corrected chi connectivity index (χ0v) is 12.9. The van der Waals surface area contributed by atoms with Crippen molar-refractivity contribution < 1.29 is 14.5 Å². The quantitative estimate of drug-likeness (QED) is 0.444. The maximum absolute atomic E-state index is 11.0. The predicted molar refractivity (Wildman–Crippen MR) is 82.0 cm³/mol. The Morgan fingerprint density at radius 3 is 2.71 bits per heavy atom. The maximum atomic E-state index is 11.0. The number of nitro groups is 1. The summed E-state index contributed by atoms with van der Waals surface area (Å²) in [5.74, 6) is 0.359. The molecule has 0 amide bonds. The summed E-state index contributed by atoms with van der Waals surface area (Å²) in [5, 5.41) is 11.3.